The molecule has 2 aliphatic rings. The van der Waals surface area contributed by atoms with Gasteiger partial charge in [0.05, 0.1) is 0 Å². The lowest BCUT2D eigenvalue weighted by molar-refractivity contribution is -0.138. The van der Waals surface area contributed by atoms with Crippen molar-refractivity contribution in [2.24, 2.45) is 5.92 Å². The zero-order chi connectivity index (χ0) is 13.3. The molecule has 2 rings (SSSR count). The maximum Gasteiger partial charge on any atom is 0.248 e. The number of carbonyl (C=O) groups is 2. The minimum Gasteiger partial charge on any atom is -0.342 e. The molecule has 1 saturated heterocycles. The Bertz CT molecular complexity index is 395. The Labute approximate surface area is 108 Å². The molecule has 1 saturated carbocycles. The molecule has 100 valence electrons. The van der Waals surface area contributed by atoms with E-state index >= 15 is 0 Å². The van der Waals surface area contributed by atoms with Gasteiger partial charge in [0, 0.05) is 19.5 Å². The van der Waals surface area contributed by atoms with Crippen LogP contribution in [-0.2, 0) is 9.59 Å². The van der Waals surface area contributed by atoms with E-state index in [9.17, 15) is 9.59 Å². The van der Waals surface area contributed by atoms with Crippen molar-refractivity contribution in [3.63, 3.8) is 0 Å². The van der Waals surface area contributed by atoms with Crippen molar-refractivity contribution in [3.8, 4) is 0 Å². The highest BCUT2D eigenvalue weighted by Gasteiger charge is 2.50. The predicted octanol–water partition coefficient (Wildman–Crippen LogP) is 1.47. The maximum absolute atomic E-state index is 12.6. The number of hydrogen-bond donors (Lipinski definition) is 1. The first-order valence-electron chi connectivity index (χ1n) is 6.67. The normalized spacial score (nSPS) is 28.7. The number of amides is 2. The van der Waals surface area contributed by atoms with E-state index in [1.54, 1.807) is 0 Å². The minimum absolute atomic E-state index is 0.00236. The van der Waals surface area contributed by atoms with Crippen molar-refractivity contribution >= 4 is 11.8 Å². The average Bonchev–Trinajstić information content (AvgIpc) is 3.10. The third kappa shape index (κ3) is 2.57. The molecule has 2 amide bonds. The summed E-state index contributed by atoms with van der Waals surface area (Å²) < 4.78 is 0. The molecule has 1 aliphatic heterocycles. The van der Waals surface area contributed by atoms with Crippen molar-refractivity contribution in [1.82, 2.24) is 10.2 Å². The maximum atomic E-state index is 12.6. The van der Waals surface area contributed by atoms with Crippen molar-refractivity contribution < 1.29 is 9.59 Å². The van der Waals surface area contributed by atoms with Crippen LogP contribution in [0.3, 0.4) is 0 Å². The first-order chi connectivity index (χ1) is 8.43. The van der Waals surface area contributed by atoms with Crippen molar-refractivity contribution in [2.75, 3.05) is 13.1 Å². The molecule has 18 heavy (non-hydrogen) atoms. The summed E-state index contributed by atoms with van der Waals surface area (Å²) in [6.45, 7) is 7.05. The van der Waals surface area contributed by atoms with Gasteiger partial charge >= 0.3 is 0 Å². The lowest BCUT2D eigenvalue weighted by atomic mass is 9.94. The van der Waals surface area contributed by atoms with Crippen LogP contribution in [0.15, 0.2) is 11.6 Å². The SMILES string of the molecule is CC(C)=CCN1CCC(=O)NC(C)(C2CC2)C1=O. The van der Waals surface area contributed by atoms with Gasteiger partial charge in [-0.25, -0.2) is 0 Å². The highest BCUT2D eigenvalue weighted by atomic mass is 16.2. The van der Waals surface area contributed by atoms with E-state index in [2.05, 4.69) is 5.32 Å². The highest BCUT2D eigenvalue weighted by Crippen LogP contribution is 2.41. The molecule has 1 N–H and O–H groups in total. The summed E-state index contributed by atoms with van der Waals surface area (Å²) in [7, 11) is 0. The predicted molar refractivity (Wildman–Crippen MR) is 69.9 cm³/mol. The van der Waals surface area contributed by atoms with Crippen LogP contribution in [0.5, 0.6) is 0 Å². The van der Waals surface area contributed by atoms with Crippen LogP contribution in [0, 0.1) is 5.92 Å². The van der Waals surface area contributed by atoms with Crippen molar-refractivity contribution in [1.29, 1.82) is 0 Å². The largest absolute Gasteiger partial charge is 0.342 e. The summed E-state index contributed by atoms with van der Waals surface area (Å²) in [5.41, 5.74) is 0.516. The summed E-state index contributed by atoms with van der Waals surface area (Å²) >= 11 is 0. The van der Waals surface area contributed by atoms with Gasteiger partial charge in [0.2, 0.25) is 11.8 Å². The third-order valence-electron chi connectivity index (χ3n) is 3.85. The second-order valence-corrected chi connectivity index (χ2v) is 5.81. The molecule has 0 aromatic carbocycles. The van der Waals surface area contributed by atoms with Gasteiger partial charge in [-0.05, 0) is 39.5 Å². The second-order valence-electron chi connectivity index (χ2n) is 5.81. The summed E-state index contributed by atoms with van der Waals surface area (Å²) in [6, 6.07) is 0. The summed E-state index contributed by atoms with van der Waals surface area (Å²) in [6.07, 6.45) is 4.53. The fourth-order valence-corrected chi connectivity index (χ4v) is 2.48. The molecule has 0 aromatic rings. The van der Waals surface area contributed by atoms with E-state index in [0.717, 1.165) is 12.8 Å². The highest BCUT2D eigenvalue weighted by molar-refractivity contribution is 5.93. The van der Waals surface area contributed by atoms with Gasteiger partial charge in [-0.2, -0.15) is 0 Å². The van der Waals surface area contributed by atoms with Crippen LogP contribution in [0.2, 0.25) is 0 Å². The zero-order valence-corrected chi connectivity index (χ0v) is 11.5. The summed E-state index contributed by atoms with van der Waals surface area (Å²) in [5, 5.41) is 2.93. The molecule has 0 bridgehead atoms. The first kappa shape index (κ1) is 13.1. The summed E-state index contributed by atoms with van der Waals surface area (Å²) in [5.74, 6) is 0.395. The second kappa shape index (κ2) is 4.75. The van der Waals surface area contributed by atoms with Crippen LogP contribution in [-0.4, -0.2) is 35.3 Å². The molecule has 1 heterocycles. The van der Waals surface area contributed by atoms with E-state index in [-0.39, 0.29) is 11.8 Å². The fourth-order valence-electron chi connectivity index (χ4n) is 2.48. The number of hydrogen-bond acceptors (Lipinski definition) is 2. The molecule has 1 atom stereocenters. The Balaban J connectivity index is 2.18. The van der Waals surface area contributed by atoms with Crippen LogP contribution >= 0.6 is 0 Å². The number of rotatable bonds is 3. The summed E-state index contributed by atoms with van der Waals surface area (Å²) in [4.78, 5) is 26.2. The van der Waals surface area contributed by atoms with E-state index < -0.39 is 5.54 Å². The zero-order valence-electron chi connectivity index (χ0n) is 11.5. The molecule has 0 aromatic heterocycles. The molecule has 1 aliphatic carbocycles. The number of allylic oxidation sites excluding steroid dienone is 1. The Morgan fingerprint density at radius 1 is 1.44 bits per heavy atom. The number of carbonyl (C=O) groups excluding carboxylic acids is 2. The number of nitrogens with zero attached hydrogens (tertiary/aromatic N) is 1. The van der Waals surface area contributed by atoms with Crippen LogP contribution in [0.1, 0.15) is 40.0 Å². The topological polar surface area (TPSA) is 49.4 Å². The quantitative estimate of drug-likeness (QED) is 0.771. The molecule has 0 radical (unpaired) electrons. The van der Waals surface area contributed by atoms with Crippen molar-refractivity contribution in [3.05, 3.63) is 11.6 Å². The standard InChI is InChI=1S/C14H22N2O2/c1-10(2)6-8-16-9-7-12(17)15-14(3,13(16)18)11-4-5-11/h6,11H,4-5,7-9H2,1-3H3,(H,15,17). The van der Waals surface area contributed by atoms with Crippen LogP contribution < -0.4 is 5.32 Å². The van der Waals surface area contributed by atoms with E-state index in [4.69, 9.17) is 0 Å². The van der Waals surface area contributed by atoms with Gasteiger partial charge in [-0.3, -0.25) is 9.59 Å². The van der Waals surface area contributed by atoms with Crippen molar-refractivity contribution in [2.45, 2.75) is 45.6 Å². The fraction of sp³-hybridized carbons (Fsp3) is 0.714. The van der Waals surface area contributed by atoms with Crippen LogP contribution in [0.25, 0.3) is 0 Å². The van der Waals surface area contributed by atoms with Gasteiger partial charge in [0.15, 0.2) is 0 Å². The van der Waals surface area contributed by atoms with E-state index in [1.165, 1.54) is 5.57 Å². The van der Waals surface area contributed by atoms with E-state index in [0.29, 0.717) is 25.4 Å². The lowest BCUT2D eigenvalue weighted by Gasteiger charge is -2.31. The molecular weight excluding hydrogens is 228 g/mol. The molecular formula is C14H22N2O2. The Kier molecular flexibility index (Phi) is 3.46. The smallest absolute Gasteiger partial charge is 0.248 e. The van der Waals surface area contributed by atoms with Gasteiger partial charge in [-0.1, -0.05) is 11.6 Å². The van der Waals surface area contributed by atoms with Gasteiger partial charge in [0.25, 0.3) is 0 Å². The molecule has 4 nitrogen and oxygen atoms in total. The Morgan fingerprint density at radius 2 is 2.11 bits per heavy atom. The molecule has 4 heteroatoms. The van der Waals surface area contributed by atoms with Gasteiger partial charge < -0.3 is 10.2 Å². The minimum atomic E-state index is -0.678. The molecule has 0 spiro atoms. The average molecular weight is 250 g/mol. The Hall–Kier alpha value is -1.32. The Morgan fingerprint density at radius 3 is 2.67 bits per heavy atom. The first-order valence-corrected chi connectivity index (χ1v) is 6.67. The van der Waals surface area contributed by atoms with Crippen LogP contribution in [0.4, 0.5) is 0 Å². The van der Waals surface area contributed by atoms with E-state index in [1.807, 2.05) is 31.7 Å². The van der Waals surface area contributed by atoms with Gasteiger partial charge in [-0.15, -0.1) is 0 Å². The molecule has 2 fully saturated rings. The van der Waals surface area contributed by atoms with Gasteiger partial charge in [0.1, 0.15) is 5.54 Å². The monoisotopic (exact) mass is 250 g/mol. The number of nitrogens with one attached hydrogen (secondary N) is 1. The lowest BCUT2D eigenvalue weighted by Crippen LogP contribution is -2.56. The molecule has 1 unspecified atom stereocenters. The third-order valence-corrected chi connectivity index (χ3v) is 3.85.